The Labute approximate surface area is 340 Å². The average Bonchev–Trinajstić information content (AvgIpc) is 3.57. The highest BCUT2D eigenvalue weighted by molar-refractivity contribution is 5.96. The van der Waals surface area contributed by atoms with Crippen molar-refractivity contribution in [1.82, 2.24) is 26.3 Å². The molecule has 1 heterocycles. The number of phenolic OH excluding ortho intramolecular Hbond substituents is 1. The van der Waals surface area contributed by atoms with Crippen molar-refractivity contribution in [2.24, 2.45) is 22.4 Å². The number of nitrogens with two attached hydrogens (primary N) is 2. The van der Waals surface area contributed by atoms with E-state index >= 15 is 0 Å². The second-order valence-corrected chi connectivity index (χ2v) is 16.0. The number of aromatic amines is 1. The number of nitrogens with one attached hydrogen (secondary N) is 5. The number of aliphatic imine (C=N–C) groups is 1. The van der Waals surface area contributed by atoms with E-state index in [1.807, 2.05) is 81.6 Å². The van der Waals surface area contributed by atoms with E-state index in [1.54, 1.807) is 12.1 Å². The molecule has 0 saturated heterocycles. The number of Topliss-reactive ketones (excluding diaryl/α,β-unsaturated/α-hetero) is 1. The lowest BCUT2D eigenvalue weighted by Gasteiger charge is -2.37. The molecule has 1 saturated carbocycles. The number of carbonyl (C=O) groups excluding carboxylic acids is 4. The Balaban J connectivity index is 1.38. The maximum atomic E-state index is 14.3. The number of hydrogen-bond acceptors (Lipinski definition) is 8. The average molecular weight is 795 g/mol. The lowest BCUT2D eigenvalue weighted by molar-refractivity contribution is -0.154. The third kappa shape index (κ3) is 13.2. The summed E-state index contributed by atoms with van der Waals surface area (Å²) in [5.41, 5.74) is 14.0. The van der Waals surface area contributed by atoms with Gasteiger partial charge in [0.1, 0.15) is 23.9 Å². The van der Waals surface area contributed by atoms with Crippen molar-refractivity contribution in [3.8, 4) is 5.75 Å². The summed E-state index contributed by atoms with van der Waals surface area (Å²) in [4.78, 5) is 63.8. The molecule has 14 nitrogen and oxygen atoms in total. The van der Waals surface area contributed by atoms with Gasteiger partial charge >= 0.3 is 0 Å². The fourth-order valence-electron chi connectivity index (χ4n) is 6.95. The number of rotatable bonds is 21. The first-order valence-electron chi connectivity index (χ1n) is 20.0. The number of aromatic hydroxyl groups is 1. The van der Waals surface area contributed by atoms with Crippen LogP contribution in [0, 0.1) is 5.92 Å². The second kappa shape index (κ2) is 20.6. The van der Waals surface area contributed by atoms with E-state index < -0.39 is 47.6 Å². The van der Waals surface area contributed by atoms with Gasteiger partial charge < -0.3 is 47.6 Å². The van der Waals surface area contributed by atoms with Gasteiger partial charge in [-0.05, 0) is 87.3 Å². The number of benzene rings is 3. The van der Waals surface area contributed by atoms with Crippen LogP contribution in [0.15, 0.2) is 90.1 Å². The number of H-pyrrole nitrogens is 1. The molecule has 0 bridgehead atoms. The third-order valence-corrected chi connectivity index (χ3v) is 10.2. The molecule has 1 aliphatic rings. The molecule has 3 amide bonds. The highest BCUT2D eigenvalue weighted by Gasteiger charge is 2.38. The van der Waals surface area contributed by atoms with Crippen molar-refractivity contribution >= 4 is 40.4 Å². The minimum Gasteiger partial charge on any atom is -0.508 e. The third-order valence-electron chi connectivity index (χ3n) is 10.2. The monoisotopic (exact) mass is 794 g/mol. The fourth-order valence-corrected chi connectivity index (χ4v) is 6.95. The van der Waals surface area contributed by atoms with E-state index in [0.29, 0.717) is 18.5 Å². The summed E-state index contributed by atoms with van der Waals surface area (Å²) in [6.45, 7) is 6.30. The summed E-state index contributed by atoms with van der Waals surface area (Å²) in [5.74, 6) is -1.86. The summed E-state index contributed by atoms with van der Waals surface area (Å²) in [7, 11) is 0. The van der Waals surface area contributed by atoms with E-state index in [9.17, 15) is 24.3 Å². The number of carbonyl (C=O) groups is 4. The minimum absolute atomic E-state index is 0.0107. The number of para-hydroxylation sites is 1. The van der Waals surface area contributed by atoms with Crippen LogP contribution in [0.4, 0.5) is 0 Å². The van der Waals surface area contributed by atoms with E-state index in [1.165, 1.54) is 12.1 Å². The minimum atomic E-state index is -1.12. The predicted octanol–water partition coefficient (Wildman–Crippen LogP) is 3.51. The second-order valence-electron chi connectivity index (χ2n) is 16.0. The first-order valence-corrected chi connectivity index (χ1v) is 20.0. The normalized spacial score (nSPS) is 15.0. The van der Waals surface area contributed by atoms with Gasteiger partial charge in [0.2, 0.25) is 17.7 Å². The van der Waals surface area contributed by atoms with Gasteiger partial charge in [0, 0.05) is 43.0 Å². The Hall–Kier alpha value is -5.73. The first-order chi connectivity index (χ1) is 27.8. The molecule has 4 aromatic rings. The fraction of sp³-hybridized carbons (Fsp3) is 0.432. The van der Waals surface area contributed by atoms with Gasteiger partial charge in [-0.25, -0.2) is 0 Å². The molecule has 3 aromatic carbocycles. The molecule has 0 aliphatic heterocycles. The molecule has 4 atom stereocenters. The molecule has 1 aromatic heterocycles. The molecule has 10 N–H and O–H groups in total. The van der Waals surface area contributed by atoms with E-state index in [-0.39, 0.29) is 55.8 Å². The number of fused-ring (bicyclic) bond motifs is 1. The number of amides is 3. The molecule has 5 rings (SSSR count). The highest BCUT2D eigenvalue weighted by atomic mass is 16.5. The number of nitrogens with zero attached hydrogens (tertiary/aromatic N) is 1. The zero-order valence-electron chi connectivity index (χ0n) is 33.6. The number of ketones is 1. The summed E-state index contributed by atoms with van der Waals surface area (Å²) >= 11 is 0. The Morgan fingerprint density at radius 1 is 0.828 bits per heavy atom. The summed E-state index contributed by atoms with van der Waals surface area (Å²) in [6.07, 6.45) is 4.45. The summed E-state index contributed by atoms with van der Waals surface area (Å²) < 4.78 is 6.23. The molecular weight excluding hydrogens is 737 g/mol. The Morgan fingerprint density at radius 2 is 1.48 bits per heavy atom. The molecule has 0 radical (unpaired) electrons. The molecular formula is C44H58N8O6. The number of aromatic nitrogens is 1. The van der Waals surface area contributed by atoms with Crippen LogP contribution in [-0.4, -0.2) is 82.5 Å². The number of guanidine groups is 1. The first kappa shape index (κ1) is 43.4. The maximum absolute atomic E-state index is 14.3. The Morgan fingerprint density at radius 3 is 2.16 bits per heavy atom. The van der Waals surface area contributed by atoms with Crippen molar-refractivity contribution in [2.75, 3.05) is 13.1 Å². The number of hydrogen-bond donors (Lipinski definition) is 8. The van der Waals surface area contributed by atoms with Crippen LogP contribution in [0.25, 0.3) is 10.9 Å². The van der Waals surface area contributed by atoms with Crippen LogP contribution in [0.3, 0.4) is 0 Å². The molecule has 1 fully saturated rings. The molecule has 1 unspecified atom stereocenters. The van der Waals surface area contributed by atoms with E-state index in [0.717, 1.165) is 41.3 Å². The van der Waals surface area contributed by atoms with Crippen molar-refractivity contribution < 1.29 is 29.0 Å². The SMILES string of the molecule is CC(C)(C)OC(C(=O)N[C@@H](Cc1ccc(O)cc1)C(=O)N[C@H](CCCN=C(N)N)C(=O)N[C@@H](Cc1c[nH]c2ccccc12)C(=O)CNCc1ccccc1)C1CCC1. The summed E-state index contributed by atoms with van der Waals surface area (Å²) in [5, 5.41) is 22.8. The molecule has 58 heavy (non-hydrogen) atoms. The van der Waals surface area contributed by atoms with Gasteiger partial charge in [0.05, 0.1) is 18.2 Å². The zero-order valence-corrected chi connectivity index (χ0v) is 33.6. The lowest BCUT2D eigenvalue weighted by Crippen LogP contribution is -2.58. The standard InChI is InChI=1S/C44H58N8O6/c1-44(2,3)58-39(30-13-9-14-30)42(57)52-37(23-28-18-20-32(53)21-19-28)41(56)50-35(17-10-22-48-43(45)46)40(55)51-36(24-31-26-49-34-16-8-7-15-33(31)34)38(54)27-47-25-29-11-5-4-6-12-29/h4-8,11-12,15-16,18-21,26,30,35-37,39,47,49,53H,9-10,13-14,17,22-25,27H2,1-3H3,(H,50,56)(H,51,55)(H,52,57)(H4,45,46,48)/t35-,36+,37+,39?/m1/s1. The molecule has 310 valence electrons. The van der Waals surface area contributed by atoms with Gasteiger partial charge in [-0.3, -0.25) is 24.2 Å². The van der Waals surface area contributed by atoms with Crippen molar-refractivity contribution in [3.63, 3.8) is 0 Å². The summed E-state index contributed by atoms with van der Waals surface area (Å²) in [6, 6.07) is 20.6. The largest absolute Gasteiger partial charge is 0.508 e. The van der Waals surface area contributed by atoms with E-state index in [2.05, 4.69) is 31.2 Å². The highest BCUT2D eigenvalue weighted by Crippen LogP contribution is 2.33. The van der Waals surface area contributed by atoms with Crippen molar-refractivity contribution in [3.05, 3.63) is 102 Å². The van der Waals surface area contributed by atoms with Crippen LogP contribution in [0.1, 0.15) is 69.6 Å². The lowest BCUT2D eigenvalue weighted by atomic mass is 9.80. The Kier molecular flexibility index (Phi) is 15.4. The van der Waals surface area contributed by atoms with Crippen molar-refractivity contribution in [1.29, 1.82) is 0 Å². The molecule has 1 aliphatic carbocycles. The van der Waals surface area contributed by atoms with Crippen LogP contribution >= 0.6 is 0 Å². The van der Waals surface area contributed by atoms with Crippen LogP contribution in [0.2, 0.25) is 0 Å². The van der Waals surface area contributed by atoms with Crippen molar-refractivity contribution in [2.45, 2.75) is 102 Å². The Bertz CT molecular complexity index is 2000. The number of ether oxygens (including phenoxy) is 1. The number of phenols is 1. The van der Waals surface area contributed by atoms with Crippen LogP contribution in [0.5, 0.6) is 5.75 Å². The smallest absolute Gasteiger partial charge is 0.250 e. The quantitative estimate of drug-likeness (QED) is 0.0351. The van der Waals surface area contributed by atoms with Gasteiger partial charge in [0.25, 0.3) is 0 Å². The topological polar surface area (TPSA) is 226 Å². The van der Waals surface area contributed by atoms with Gasteiger partial charge in [0.15, 0.2) is 11.7 Å². The zero-order chi connectivity index (χ0) is 41.7. The molecule has 0 spiro atoms. The predicted molar refractivity (Wildman–Crippen MR) is 225 cm³/mol. The van der Waals surface area contributed by atoms with Crippen LogP contribution in [-0.2, 0) is 43.3 Å². The van der Waals surface area contributed by atoms with Gasteiger partial charge in [-0.1, -0.05) is 67.1 Å². The van der Waals surface area contributed by atoms with E-state index in [4.69, 9.17) is 16.2 Å². The van der Waals surface area contributed by atoms with Crippen LogP contribution < -0.4 is 32.7 Å². The van der Waals surface area contributed by atoms with Gasteiger partial charge in [-0.15, -0.1) is 0 Å². The molecule has 14 heteroatoms. The maximum Gasteiger partial charge on any atom is 0.250 e. The van der Waals surface area contributed by atoms with Gasteiger partial charge in [-0.2, -0.15) is 0 Å².